The predicted molar refractivity (Wildman–Crippen MR) is 103 cm³/mol. The lowest BCUT2D eigenvalue weighted by molar-refractivity contribution is 0.0697. The van der Waals surface area contributed by atoms with Crippen LogP contribution in [-0.4, -0.2) is 21.0 Å². The van der Waals surface area contributed by atoms with Gasteiger partial charge in [0.1, 0.15) is 5.01 Å². The molecule has 0 saturated heterocycles. The first-order valence-corrected chi connectivity index (χ1v) is 8.90. The molecule has 2 heterocycles. The van der Waals surface area contributed by atoms with Gasteiger partial charge in [0.15, 0.2) is 5.43 Å². The third kappa shape index (κ3) is 2.89. The minimum Gasteiger partial charge on any atom is -0.478 e. The summed E-state index contributed by atoms with van der Waals surface area (Å²) in [6.45, 7) is 0. The lowest BCUT2D eigenvalue weighted by Gasteiger charge is -2.03. The molecule has 0 unspecified atom stereocenters. The van der Waals surface area contributed by atoms with Crippen molar-refractivity contribution in [3.8, 4) is 22.0 Å². The standard InChI is InChI=1S/C19H11ClN2O3S/c20-13-3-1-2-12-16(23)8-14(21-17(12)13)18-22-15(9-26-18)10-4-6-11(7-5-10)19(24)25/h1-9H,(H,21,23)(H,24,25). The van der Waals surface area contributed by atoms with Gasteiger partial charge in [-0.15, -0.1) is 11.3 Å². The molecule has 0 aliphatic rings. The summed E-state index contributed by atoms with van der Waals surface area (Å²) in [6, 6.07) is 13.2. The van der Waals surface area contributed by atoms with Crippen molar-refractivity contribution in [2.75, 3.05) is 0 Å². The van der Waals surface area contributed by atoms with Gasteiger partial charge < -0.3 is 10.1 Å². The Kier molecular flexibility index (Phi) is 4.06. The number of hydrogen-bond donors (Lipinski definition) is 2. The van der Waals surface area contributed by atoms with Crippen molar-refractivity contribution in [2.45, 2.75) is 0 Å². The van der Waals surface area contributed by atoms with Crippen LogP contribution in [0.3, 0.4) is 0 Å². The fraction of sp³-hybridized carbons (Fsp3) is 0. The van der Waals surface area contributed by atoms with Crippen LogP contribution in [0.2, 0.25) is 5.02 Å². The summed E-state index contributed by atoms with van der Waals surface area (Å²) < 4.78 is 0. The monoisotopic (exact) mass is 382 g/mol. The Morgan fingerprint density at radius 2 is 1.92 bits per heavy atom. The van der Waals surface area contributed by atoms with Crippen LogP contribution in [0.1, 0.15) is 10.4 Å². The van der Waals surface area contributed by atoms with Crippen molar-refractivity contribution in [2.24, 2.45) is 0 Å². The van der Waals surface area contributed by atoms with Crippen LogP contribution in [0, 0.1) is 0 Å². The fourth-order valence-electron chi connectivity index (χ4n) is 2.66. The molecule has 0 spiro atoms. The van der Waals surface area contributed by atoms with Gasteiger partial charge in [-0.05, 0) is 24.3 Å². The van der Waals surface area contributed by atoms with E-state index in [1.165, 1.54) is 29.5 Å². The summed E-state index contributed by atoms with van der Waals surface area (Å²) in [7, 11) is 0. The second-order valence-electron chi connectivity index (χ2n) is 5.63. The van der Waals surface area contributed by atoms with E-state index in [-0.39, 0.29) is 11.0 Å². The maximum Gasteiger partial charge on any atom is 0.335 e. The van der Waals surface area contributed by atoms with Crippen LogP contribution in [0.5, 0.6) is 0 Å². The molecule has 0 amide bonds. The predicted octanol–water partition coefficient (Wildman–Crippen LogP) is 4.67. The summed E-state index contributed by atoms with van der Waals surface area (Å²) in [4.78, 5) is 31.0. The van der Waals surface area contributed by atoms with Gasteiger partial charge in [-0.3, -0.25) is 4.79 Å². The molecule has 128 valence electrons. The van der Waals surface area contributed by atoms with Gasteiger partial charge in [-0.1, -0.05) is 29.8 Å². The Balaban J connectivity index is 1.76. The fourth-order valence-corrected chi connectivity index (χ4v) is 3.69. The highest BCUT2D eigenvalue weighted by Gasteiger charge is 2.11. The second-order valence-corrected chi connectivity index (χ2v) is 6.90. The molecule has 0 radical (unpaired) electrons. The molecule has 2 aromatic heterocycles. The molecule has 0 saturated carbocycles. The van der Waals surface area contributed by atoms with Crippen LogP contribution < -0.4 is 5.43 Å². The number of carboxylic acid groups (broad SMARTS) is 1. The number of halogens is 1. The lowest BCUT2D eigenvalue weighted by Crippen LogP contribution is -2.03. The summed E-state index contributed by atoms with van der Waals surface area (Å²) in [5.41, 5.74) is 2.78. The largest absolute Gasteiger partial charge is 0.478 e. The molecule has 2 aromatic carbocycles. The van der Waals surface area contributed by atoms with E-state index in [1.54, 1.807) is 30.3 Å². The maximum atomic E-state index is 12.3. The van der Waals surface area contributed by atoms with Crippen molar-refractivity contribution < 1.29 is 9.90 Å². The van der Waals surface area contributed by atoms with Crippen LogP contribution in [-0.2, 0) is 0 Å². The first-order valence-electron chi connectivity index (χ1n) is 7.64. The summed E-state index contributed by atoms with van der Waals surface area (Å²) in [5.74, 6) is -0.971. The number of aromatic nitrogens is 2. The molecule has 0 aliphatic heterocycles. The molecule has 26 heavy (non-hydrogen) atoms. The number of carboxylic acids is 1. The number of para-hydroxylation sites is 1. The number of thiazole rings is 1. The minimum atomic E-state index is -0.971. The van der Waals surface area contributed by atoms with Gasteiger partial charge in [0, 0.05) is 22.4 Å². The van der Waals surface area contributed by atoms with Crippen LogP contribution in [0.15, 0.2) is 58.7 Å². The van der Waals surface area contributed by atoms with Gasteiger partial charge in [-0.2, -0.15) is 0 Å². The number of fused-ring (bicyclic) bond motifs is 1. The number of hydrogen-bond acceptors (Lipinski definition) is 4. The number of aromatic carboxylic acids is 1. The minimum absolute atomic E-state index is 0.126. The lowest BCUT2D eigenvalue weighted by atomic mass is 10.1. The van der Waals surface area contributed by atoms with Gasteiger partial charge in [-0.25, -0.2) is 9.78 Å². The summed E-state index contributed by atoms with van der Waals surface area (Å²) >= 11 is 7.59. The van der Waals surface area contributed by atoms with E-state index in [4.69, 9.17) is 16.7 Å². The molecule has 0 bridgehead atoms. The van der Waals surface area contributed by atoms with E-state index in [1.807, 2.05) is 5.38 Å². The average Bonchev–Trinajstić information content (AvgIpc) is 3.13. The Morgan fingerprint density at radius 1 is 1.15 bits per heavy atom. The molecule has 2 N–H and O–H groups in total. The van der Waals surface area contributed by atoms with Crippen molar-refractivity contribution >= 4 is 39.8 Å². The van der Waals surface area contributed by atoms with E-state index >= 15 is 0 Å². The molecule has 0 aliphatic carbocycles. The molecule has 0 fully saturated rings. The first-order chi connectivity index (χ1) is 12.5. The van der Waals surface area contributed by atoms with Crippen molar-refractivity contribution in [3.63, 3.8) is 0 Å². The van der Waals surface area contributed by atoms with Crippen LogP contribution in [0.4, 0.5) is 0 Å². The Labute approximate surface area is 156 Å². The normalized spacial score (nSPS) is 11.0. The number of H-pyrrole nitrogens is 1. The topological polar surface area (TPSA) is 83.0 Å². The SMILES string of the molecule is O=C(O)c1ccc(-c2csc(-c3cc(=O)c4cccc(Cl)c4[nH]3)n2)cc1. The summed E-state index contributed by atoms with van der Waals surface area (Å²) in [5, 5.41) is 12.5. The molecule has 5 nitrogen and oxygen atoms in total. The third-order valence-corrected chi connectivity index (χ3v) is 5.17. The number of benzene rings is 2. The van der Waals surface area contributed by atoms with E-state index in [0.29, 0.717) is 32.3 Å². The molecule has 4 aromatic rings. The van der Waals surface area contributed by atoms with Crippen LogP contribution >= 0.6 is 22.9 Å². The molecular weight excluding hydrogens is 372 g/mol. The van der Waals surface area contributed by atoms with Gasteiger partial charge >= 0.3 is 5.97 Å². The Bertz CT molecular complexity index is 1200. The van der Waals surface area contributed by atoms with Gasteiger partial charge in [0.05, 0.1) is 27.5 Å². The quantitative estimate of drug-likeness (QED) is 0.539. The molecule has 4 rings (SSSR count). The molecular formula is C19H11ClN2O3S. The van der Waals surface area contributed by atoms with E-state index in [9.17, 15) is 9.59 Å². The third-order valence-electron chi connectivity index (χ3n) is 3.98. The maximum absolute atomic E-state index is 12.3. The average molecular weight is 383 g/mol. The van der Waals surface area contributed by atoms with Crippen molar-refractivity contribution in [1.82, 2.24) is 9.97 Å². The zero-order valence-corrected chi connectivity index (χ0v) is 14.8. The molecule has 0 atom stereocenters. The smallest absolute Gasteiger partial charge is 0.335 e. The zero-order chi connectivity index (χ0) is 18.3. The van der Waals surface area contributed by atoms with Crippen molar-refractivity contribution in [3.05, 3.63) is 74.7 Å². The summed E-state index contributed by atoms with van der Waals surface area (Å²) in [6.07, 6.45) is 0. The molecule has 7 heteroatoms. The van der Waals surface area contributed by atoms with E-state index in [2.05, 4.69) is 9.97 Å². The second kappa shape index (κ2) is 6.40. The number of nitrogens with zero attached hydrogens (tertiary/aromatic N) is 1. The highest BCUT2D eigenvalue weighted by molar-refractivity contribution is 7.13. The Hall–Kier alpha value is -2.96. The van der Waals surface area contributed by atoms with Gasteiger partial charge in [0.2, 0.25) is 0 Å². The number of pyridine rings is 1. The highest BCUT2D eigenvalue weighted by atomic mass is 35.5. The van der Waals surface area contributed by atoms with E-state index < -0.39 is 5.97 Å². The van der Waals surface area contributed by atoms with Crippen LogP contribution in [0.25, 0.3) is 32.9 Å². The Morgan fingerprint density at radius 3 is 2.65 bits per heavy atom. The number of carbonyl (C=O) groups is 1. The number of aromatic amines is 1. The zero-order valence-electron chi connectivity index (χ0n) is 13.2. The van der Waals surface area contributed by atoms with Crippen molar-refractivity contribution in [1.29, 1.82) is 0 Å². The number of rotatable bonds is 3. The highest BCUT2D eigenvalue weighted by Crippen LogP contribution is 2.29. The number of nitrogens with one attached hydrogen (secondary N) is 1. The first kappa shape index (κ1) is 16.5. The van der Waals surface area contributed by atoms with Gasteiger partial charge in [0.25, 0.3) is 0 Å². The van der Waals surface area contributed by atoms with E-state index in [0.717, 1.165) is 5.56 Å².